The lowest BCUT2D eigenvalue weighted by molar-refractivity contribution is -0.113. The number of aryl methyl sites for hydroxylation is 2. The Morgan fingerprint density at radius 1 is 1.06 bits per heavy atom. The van der Waals surface area contributed by atoms with Gasteiger partial charge < -0.3 is 15.4 Å². The number of hydrogen-bond donors (Lipinski definition) is 2. The van der Waals surface area contributed by atoms with Crippen LogP contribution in [0.15, 0.2) is 59.6 Å². The van der Waals surface area contributed by atoms with Crippen molar-refractivity contribution in [3.05, 3.63) is 76.4 Å². The van der Waals surface area contributed by atoms with Crippen molar-refractivity contribution >= 4 is 46.6 Å². The number of pyridine rings is 1. The summed E-state index contributed by atoms with van der Waals surface area (Å²) in [5.41, 5.74) is 3.13. The van der Waals surface area contributed by atoms with Gasteiger partial charge in [-0.05, 0) is 49.7 Å². The zero-order valence-electron chi connectivity index (χ0n) is 17.4. The van der Waals surface area contributed by atoms with Gasteiger partial charge in [0, 0.05) is 17.4 Å². The Balaban J connectivity index is 1.76. The maximum absolute atomic E-state index is 13.0. The number of carbonyl (C=O) groups is 2. The summed E-state index contributed by atoms with van der Waals surface area (Å²) in [5.74, 6) is 0.188. The molecule has 2 aromatic carbocycles. The van der Waals surface area contributed by atoms with Crippen molar-refractivity contribution in [2.24, 2.45) is 0 Å². The SMILES string of the molecule is COc1cccc(NC(=O)c2c(C)cc(C)nc2SCC(=O)Nc2ccccc2Cl)c1. The molecule has 8 heteroatoms. The highest BCUT2D eigenvalue weighted by molar-refractivity contribution is 8.00. The standard InChI is InChI=1S/C23H22ClN3O3S/c1-14-11-15(2)25-23(31-13-20(28)27-19-10-5-4-9-18(19)24)21(14)22(29)26-16-7-6-8-17(12-16)30-3/h4-12H,13H2,1-3H3,(H,26,29)(H,27,28). The Morgan fingerprint density at radius 3 is 2.58 bits per heavy atom. The van der Waals surface area contributed by atoms with Gasteiger partial charge in [0.25, 0.3) is 5.91 Å². The van der Waals surface area contributed by atoms with Crippen LogP contribution in [0.1, 0.15) is 21.6 Å². The number of carbonyl (C=O) groups excluding carboxylic acids is 2. The predicted molar refractivity (Wildman–Crippen MR) is 125 cm³/mol. The molecule has 0 fully saturated rings. The van der Waals surface area contributed by atoms with Crippen LogP contribution in [0.2, 0.25) is 5.02 Å². The van der Waals surface area contributed by atoms with Crippen molar-refractivity contribution in [2.45, 2.75) is 18.9 Å². The normalized spacial score (nSPS) is 10.5. The van der Waals surface area contributed by atoms with Crippen LogP contribution in [0.25, 0.3) is 0 Å². The molecule has 3 rings (SSSR count). The monoisotopic (exact) mass is 455 g/mol. The Labute approximate surface area is 190 Å². The summed E-state index contributed by atoms with van der Waals surface area (Å²) in [6.07, 6.45) is 0. The van der Waals surface area contributed by atoms with Crippen LogP contribution in [-0.2, 0) is 4.79 Å². The first-order valence-electron chi connectivity index (χ1n) is 9.48. The number of benzene rings is 2. The highest BCUT2D eigenvalue weighted by atomic mass is 35.5. The van der Waals surface area contributed by atoms with Crippen LogP contribution in [0.3, 0.4) is 0 Å². The van der Waals surface area contributed by atoms with E-state index in [1.165, 1.54) is 11.8 Å². The second-order valence-electron chi connectivity index (χ2n) is 6.76. The fourth-order valence-electron chi connectivity index (χ4n) is 2.96. The van der Waals surface area contributed by atoms with Crippen molar-refractivity contribution in [2.75, 3.05) is 23.5 Å². The number of rotatable bonds is 7. The number of para-hydroxylation sites is 1. The van der Waals surface area contributed by atoms with Gasteiger partial charge in [-0.3, -0.25) is 9.59 Å². The van der Waals surface area contributed by atoms with E-state index < -0.39 is 0 Å². The van der Waals surface area contributed by atoms with Gasteiger partial charge in [-0.2, -0.15) is 0 Å². The quantitative estimate of drug-likeness (QED) is 0.470. The summed E-state index contributed by atoms with van der Waals surface area (Å²) in [5, 5.41) is 6.61. The second kappa shape index (κ2) is 10.3. The summed E-state index contributed by atoms with van der Waals surface area (Å²) in [6, 6.07) is 16.0. The van der Waals surface area contributed by atoms with E-state index in [9.17, 15) is 9.59 Å². The molecule has 0 bridgehead atoms. The first-order valence-corrected chi connectivity index (χ1v) is 10.8. The first kappa shape index (κ1) is 22.7. The highest BCUT2D eigenvalue weighted by Gasteiger charge is 2.19. The Kier molecular flexibility index (Phi) is 7.55. The van der Waals surface area contributed by atoms with Gasteiger partial charge in [0.2, 0.25) is 5.91 Å². The van der Waals surface area contributed by atoms with Gasteiger partial charge >= 0.3 is 0 Å². The third kappa shape index (κ3) is 5.99. The van der Waals surface area contributed by atoms with E-state index in [0.29, 0.717) is 32.7 Å². The Hall–Kier alpha value is -3.03. The lowest BCUT2D eigenvalue weighted by Crippen LogP contribution is -2.18. The molecule has 1 aromatic heterocycles. The van der Waals surface area contributed by atoms with Gasteiger partial charge in [0.15, 0.2) is 0 Å². The fraction of sp³-hybridized carbons (Fsp3) is 0.174. The van der Waals surface area contributed by atoms with E-state index in [-0.39, 0.29) is 17.6 Å². The van der Waals surface area contributed by atoms with Crippen LogP contribution < -0.4 is 15.4 Å². The first-order chi connectivity index (χ1) is 14.9. The van der Waals surface area contributed by atoms with E-state index in [1.807, 2.05) is 19.9 Å². The highest BCUT2D eigenvalue weighted by Crippen LogP contribution is 2.27. The number of thioether (sulfide) groups is 1. The molecular formula is C23H22ClN3O3S. The average molecular weight is 456 g/mol. The Morgan fingerprint density at radius 2 is 1.84 bits per heavy atom. The van der Waals surface area contributed by atoms with E-state index in [2.05, 4.69) is 15.6 Å². The van der Waals surface area contributed by atoms with Crippen LogP contribution in [-0.4, -0.2) is 29.7 Å². The van der Waals surface area contributed by atoms with Crippen LogP contribution >= 0.6 is 23.4 Å². The molecule has 0 saturated carbocycles. The lowest BCUT2D eigenvalue weighted by atomic mass is 10.1. The number of halogens is 1. The summed E-state index contributed by atoms with van der Waals surface area (Å²) in [6.45, 7) is 3.70. The number of hydrogen-bond acceptors (Lipinski definition) is 5. The average Bonchev–Trinajstić information content (AvgIpc) is 2.73. The molecule has 0 aliphatic heterocycles. The predicted octanol–water partition coefficient (Wildman–Crippen LogP) is 5.34. The molecule has 2 amide bonds. The lowest BCUT2D eigenvalue weighted by Gasteiger charge is -2.14. The molecule has 0 radical (unpaired) electrons. The zero-order valence-corrected chi connectivity index (χ0v) is 18.9. The largest absolute Gasteiger partial charge is 0.497 e. The van der Waals surface area contributed by atoms with Gasteiger partial charge in [0.05, 0.1) is 29.1 Å². The molecular weight excluding hydrogens is 434 g/mol. The third-order valence-electron chi connectivity index (χ3n) is 4.35. The van der Waals surface area contributed by atoms with Crippen molar-refractivity contribution < 1.29 is 14.3 Å². The zero-order chi connectivity index (χ0) is 22.4. The molecule has 0 aliphatic rings. The van der Waals surface area contributed by atoms with E-state index in [1.54, 1.807) is 55.6 Å². The molecule has 1 heterocycles. The molecule has 0 unspecified atom stereocenters. The molecule has 0 atom stereocenters. The van der Waals surface area contributed by atoms with Gasteiger partial charge in [-0.25, -0.2) is 4.98 Å². The minimum atomic E-state index is -0.299. The van der Waals surface area contributed by atoms with Crippen molar-refractivity contribution in [1.29, 1.82) is 0 Å². The summed E-state index contributed by atoms with van der Waals surface area (Å²) >= 11 is 7.30. The smallest absolute Gasteiger partial charge is 0.258 e. The number of methoxy groups -OCH3 is 1. The van der Waals surface area contributed by atoms with Crippen LogP contribution in [0.4, 0.5) is 11.4 Å². The molecule has 160 valence electrons. The minimum absolute atomic E-state index is 0.0839. The van der Waals surface area contributed by atoms with Crippen molar-refractivity contribution in [3.8, 4) is 5.75 Å². The number of anilines is 2. The molecule has 31 heavy (non-hydrogen) atoms. The number of amides is 2. The molecule has 2 N–H and O–H groups in total. The number of ether oxygens (including phenoxy) is 1. The molecule has 0 saturated heterocycles. The maximum atomic E-state index is 13.0. The van der Waals surface area contributed by atoms with Gasteiger partial charge in [-0.15, -0.1) is 0 Å². The molecule has 0 spiro atoms. The van der Waals surface area contributed by atoms with Gasteiger partial charge in [0.1, 0.15) is 10.8 Å². The number of aromatic nitrogens is 1. The van der Waals surface area contributed by atoms with Crippen LogP contribution in [0.5, 0.6) is 5.75 Å². The topological polar surface area (TPSA) is 80.3 Å². The van der Waals surface area contributed by atoms with Crippen molar-refractivity contribution in [1.82, 2.24) is 4.98 Å². The van der Waals surface area contributed by atoms with E-state index >= 15 is 0 Å². The fourth-order valence-corrected chi connectivity index (χ4v) is 4.09. The number of nitrogens with zero attached hydrogens (tertiary/aromatic N) is 1. The maximum Gasteiger partial charge on any atom is 0.258 e. The number of nitrogens with one attached hydrogen (secondary N) is 2. The van der Waals surface area contributed by atoms with Crippen LogP contribution in [0, 0.1) is 13.8 Å². The van der Waals surface area contributed by atoms with Gasteiger partial charge in [-0.1, -0.05) is 41.6 Å². The summed E-state index contributed by atoms with van der Waals surface area (Å²) < 4.78 is 5.21. The Bertz CT molecular complexity index is 1120. The molecule has 0 aliphatic carbocycles. The van der Waals surface area contributed by atoms with E-state index in [4.69, 9.17) is 16.3 Å². The van der Waals surface area contributed by atoms with Crippen molar-refractivity contribution in [3.63, 3.8) is 0 Å². The minimum Gasteiger partial charge on any atom is -0.497 e. The molecule has 3 aromatic rings. The third-order valence-corrected chi connectivity index (χ3v) is 5.66. The summed E-state index contributed by atoms with van der Waals surface area (Å²) in [7, 11) is 1.57. The second-order valence-corrected chi connectivity index (χ2v) is 8.13. The molecule has 6 nitrogen and oxygen atoms in total. The summed E-state index contributed by atoms with van der Waals surface area (Å²) in [4.78, 5) is 29.9. The van der Waals surface area contributed by atoms with E-state index in [0.717, 1.165) is 11.3 Å².